The molecule has 3 nitrogen and oxygen atoms in total. The minimum absolute atomic E-state index is 1.03. The van der Waals surface area contributed by atoms with Crippen LogP contribution in [-0.4, -0.2) is 17.1 Å². The summed E-state index contributed by atoms with van der Waals surface area (Å²) < 4.78 is 0. The van der Waals surface area contributed by atoms with E-state index in [9.17, 15) is 0 Å². The van der Waals surface area contributed by atoms with Crippen LogP contribution in [0.2, 0.25) is 0 Å². The number of hydrogen-bond acceptors (Lipinski definition) is 2. The Hall–Kier alpha value is -0.990. The Bertz CT molecular complexity index is 240. The predicted octanol–water partition coefficient (Wildman–Crippen LogP) is 0.867. The summed E-state index contributed by atoms with van der Waals surface area (Å²) in [7, 11) is 1.61. The molecule has 10 heavy (non-hydrogen) atoms. The maximum atomic E-state index is 4.95. The van der Waals surface area contributed by atoms with Gasteiger partial charge in [-0.3, -0.25) is 0 Å². The molecule has 1 aromatic rings. The Balaban J connectivity index is 3.17. The minimum atomic E-state index is 1.03. The van der Waals surface area contributed by atoms with E-state index in [-0.39, 0.29) is 0 Å². The number of aryl methyl sites for hydroxylation is 1. The zero-order valence-corrected chi connectivity index (χ0v) is 6.80. The standard InChI is InChI=1S/C7H12N2O/c1-5-6(2)8-9(10-4)7(5)3/h1-4H3. The van der Waals surface area contributed by atoms with Gasteiger partial charge in [-0.1, -0.05) is 0 Å². The highest BCUT2D eigenvalue weighted by Crippen LogP contribution is 2.08. The molecule has 0 aliphatic rings. The molecular formula is C7H12N2O. The lowest BCUT2D eigenvalue weighted by molar-refractivity contribution is 0.127. The second kappa shape index (κ2) is 2.33. The van der Waals surface area contributed by atoms with Crippen molar-refractivity contribution in [2.24, 2.45) is 0 Å². The van der Waals surface area contributed by atoms with Crippen molar-refractivity contribution < 1.29 is 4.84 Å². The molecule has 0 amide bonds. The van der Waals surface area contributed by atoms with E-state index in [4.69, 9.17) is 4.84 Å². The largest absolute Gasteiger partial charge is 0.400 e. The monoisotopic (exact) mass is 140 g/mol. The molecule has 0 spiro atoms. The maximum Gasteiger partial charge on any atom is 0.106 e. The number of aromatic nitrogens is 2. The van der Waals surface area contributed by atoms with Crippen LogP contribution in [-0.2, 0) is 0 Å². The molecule has 0 aliphatic heterocycles. The average Bonchev–Trinajstić information content (AvgIpc) is 2.17. The van der Waals surface area contributed by atoms with Gasteiger partial charge in [-0.15, -0.1) is 9.94 Å². The van der Waals surface area contributed by atoms with Gasteiger partial charge in [0.05, 0.1) is 11.4 Å². The Morgan fingerprint density at radius 2 is 1.90 bits per heavy atom. The third-order valence-electron chi connectivity index (χ3n) is 1.79. The van der Waals surface area contributed by atoms with Crippen molar-refractivity contribution in [3.8, 4) is 0 Å². The fourth-order valence-corrected chi connectivity index (χ4v) is 0.869. The van der Waals surface area contributed by atoms with Crippen LogP contribution >= 0.6 is 0 Å². The Morgan fingerprint density at radius 3 is 2.10 bits per heavy atom. The summed E-state index contributed by atoms with van der Waals surface area (Å²) in [6.07, 6.45) is 0. The maximum absolute atomic E-state index is 4.95. The average molecular weight is 140 g/mol. The van der Waals surface area contributed by atoms with Gasteiger partial charge in [-0.25, -0.2) is 0 Å². The van der Waals surface area contributed by atoms with Crippen molar-refractivity contribution in [2.75, 3.05) is 7.11 Å². The molecule has 0 atom stereocenters. The van der Waals surface area contributed by atoms with Gasteiger partial charge in [0.1, 0.15) is 7.11 Å². The predicted molar refractivity (Wildman–Crippen MR) is 38.9 cm³/mol. The molecule has 0 unspecified atom stereocenters. The van der Waals surface area contributed by atoms with Crippen molar-refractivity contribution in [3.05, 3.63) is 17.0 Å². The van der Waals surface area contributed by atoms with Crippen LogP contribution in [0.1, 0.15) is 17.0 Å². The second-order valence-corrected chi connectivity index (χ2v) is 2.35. The topological polar surface area (TPSA) is 27.1 Å². The lowest BCUT2D eigenvalue weighted by Crippen LogP contribution is -2.09. The summed E-state index contributed by atoms with van der Waals surface area (Å²) in [5.41, 5.74) is 3.29. The van der Waals surface area contributed by atoms with Crippen LogP contribution < -0.4 is 4.84 Å². The fourth-order valence-electron chi connectivity index (χ4n) is 0.869. The molecular weight excluding hydrogens is 128 g/mol. The van der Waals surface area contributed by atoms with Crippen LogP contribution in [0.4, 0.5) is 0 Å². The van der Waals surface area contributed by atoms with Gasteiger partial charge in [0.15, 0.2) is 0 Å². The van der Waals surface area contributed by atoms with Gasteiger partial charge < -0.3 is 4.84 Å². The molecule has 0 saturated carbocycles. The Morgan fingerprint density at radius 1 is 1.30 bits per heavy atom. The SMILES string of the molecule is COn1nc(C)c(C)c1C. The molecule has 0 aliphatic carbocycles. The van der Waals surface area contributed by atoms with E-state index in [1.165, 1.54) is 10.4 Å². The van der Waals surface area contributed by atoms with E-state index in [0.29, 0.717) is 0 Å². The van der Waals surface area contributed by atoms with E-state index in [1.807, 2.05) is 20.8 Å². The van der Waals surface area contributed by atoms with Gasteiger partial charge >= 0.3 is 0 Å². The van der Waals surface area contributed by atoms with Crippen molar-refractivity contribution in [1.29, 1.82) is 0 Å². The first-order valence-corrected chi connectivity index (χ1v) is 3.24. The van der Waals surface area contributed by atoms with Crippen molar-refractivity contribution in [1.82, 2.24) is 9.94 Å². The van der Waals surface area contributed by atoms with Crippen LogP contribution in [0.5, 0.6) is 0 Å². The highest BCUT2D eigenvalue weighted by Gasteiger charge is 2.05. The molecule has 0 fully saturated rings. The van der Waals surface area contributed by atoms with Crippen molar-refractivity contribution in [2.45, 2.75) is 20.8 Å². The highest BCUT2D eigenvalue weighted by atomic mass is 16.7. The van der Waals surface area contributed by atoms with E-state index >= 15 is 0 Å². The summed E-state index contributed by atoms with van der Waals surface area (Å²) in [6.45, 7) is 5.99. The highest BCUT2D eigenvalue weighted by molar-refractivity contribution is 5.21. The quantitative estimate of drug-likeness (QED) is 0.578. The molecule has 1 aromatic heterocycles. The number of nitrogens with zero attached hydrogens (tertiary/aromatic N) is 2. The molecule has 0 radical (unpaired) electrons. The molecule has 3 heteroatoms. The molecule has 0 N–H and O–H groups in total. The summed E-state index contributed by atoms with van der Waals surface area (Å²) in [4.78, 5) is 6.48. The molecule has 1 rings (SSSR count). The van der Waals surface area contributed by atoms with Crippen LogP contribution in [0.3, 0.4) is 0 Å². The fraction of sp³-hybridized carbons (Fsp3) is 0.571. The Kier molecular flexibility index (Phi) is 1.66. The van der Waals surface area contributed by atoms with Crippen molar-refractivity contribution in [3.63, 3.8) is 0 Å². The molecule has 56 valence electrons. The van der Waals surface area contributed by atoms with E-state index in [1.54, 1.807) is 7.11 Å². The van der Waals surface area contributed by atoms with Gasteiger partial charge in [0.25, 0.3) is 0 Å². The lowest BCUT2D eigenvalue weighted by atomic mass is 10.2. The molecule has 0 aromatic carbocycles. The zero-order valence-electron chi connectivity index (χ0n) is 6.80. The van der Waals surface area contributed by atoms with Gasteiger partial charge in [0.2, 0.25) is 0 Å². The van der Waals surface area contributed by atoms with E-state index < -0.39 is 0 Å². The van der Waals surface area contributed by atoms with E-state index in [0.717, 1.165) is 11.4 Å². The van der Waals surface area contributed by atoms with Crippen LogP contribution in [0.15, 0.2) is 0 Å². The lowest BCUT2D eigenvalue weighted by Gasteiger charge is -1.98. The van der Waals surface area contributed by atoms with Gasteiger partial charge in [-0.05, 0) is 26.3 Å². The Labute approximate surface area is 60.6 Å². The normalized spacial score (nSPS) is 10.0. The summed E-state index contributed by atoms with van der Waals surface area (Å²) in [6, 6.07) is 0. The van der Waals surface area contributed by atoms with Crippen LogP contribution in [0, 0.1) is 20.8 Å². The zero-order chi connectivity index (χ0) is 7.72. The van der Waals surface area contributed by atoms with E-state index in [2.05, 4.69) is 5.10 Å². The number of hydrogen-bond donors (Lipinski definition) is 0. The summed E-state index contributed by atoms with van der Waals surface area (Å²) >= 11 is 0. The molecule has 1 heterocycles. The third-order valence-corrected chi connectivity index (χ3v) is 1.79. The second-order valence-electron chi connectivity index (χ2n) is 2.35. The molecule has 0 saturated heterocycles. The third kappa shape index (κ3) is 0.875. The first-order chi connectivity index (χ1) is 4.66. The van der Waals surface area contributed by atoms with Crippen LogP contribution in [0.25, 0.3) is 0 Å². The summed E-state index contributed by atoms with van der Waals surface area (Å²) in [5.74, 6) is 0. The first kappa shape index (κ1) is 7.12. The van der Waals surface area contributed by atoms with Gasteiger partial charge in [0, 0.05) is 0 Å². The molecule has 0 bridgehead atoms. The first-order valence-electron chi connectivity index (χ1n) is 3.24. The van der Waals surface area contributed by atoms with Crippen molar-refractivity contribution >= 4 is 0 Å². The van der Waals surface area contributed by atoms with Gasteiger partial charge in [-0.2, -0.15) is 0 Å². The summed E-state index contributed by atoms with van der Waals surface area (Å²) in [5, 5.41) is 4.12. The smallest absolute Gasteiger partial charge is 0.106 e. The number of rotatable bonds is 1. The minimum Gasteiger partial charge on any atom is -0.400 e.